The van der Waals surface area contributed by atoms with Crippen LogP contribution in [0.3, 0.4) is 0 Å². The molecule has 0 aliphatic rings. The summed E-state index contributed by atoms with van der Waals surface area (Å²) in [5, 5.41) is 8.87. The maximum Gasteiger partial charge on any atom is 0.261 e. The SMILES string of the molecule is Cc1ccc(C(=O)NCC(=O)NCC(c2cccs2)c2c[nH]c3ccccc23)s1. The highest BCUT2D eigenvalue weighted by Gasteiger charge is 2.20. The number of rotatable bonds is 7. The monoisotopic (exact) mass is 423 g/mol. The molecule has 0 aliphatic heterocycles. The Morgan fingerprint density at radius 1 is 1.07 bits per heavy atom. The van der Waals surface area contributed by atoms with Gasteiger partial charge in [0, 0.05) is 39.3 Å². The molecule has 1 atom stereocenters. The maximum absolute atomic E-state index is 12.4. The number of nitrogens with one attached hydrogen (secondary N) is 3. The molecule has 4 rings (SSSR count). The van der Waals surface area contributed by atoms with E-state index in [1.807, 2.05) is 48.8 Å². The number of para-hydroxylation sites is 1. The van der Waals surface area contributed by atoms with Gasteiger partial charge in [-0.3, -0.25) is 9.59 Å². The summed E-state index contributed by atoms with van der Waals surface area (Å²) in [6, 6.07) is 15.9. The van der Waals surface area contributed by atoms with E-state index in [0.717, 1.165) is 21.3 Å². The van der Waals surface area contributed by atoms with Crippen LogP contribution < -0.4 is 10.6 Å². The van der Waals surface area contributed by atoms with E-state index in [0.29, 0.717) is 11.4 Å². The topological polar surface area (TPSA) is 74.0 Å². The van der Waals surface area contributed by atoms with Crippen LogP contribution in [0.25, 0.3) is 10.9 Å². The quantitative estimate of drug-likeness (QED) is 0.415. The molecule has 0 spiro atoms. The van der Waals surface area contributed by atoms with Crippen molar-refractivity contribution in [1.82, 2.24) is 15.6 Å². The normalized spacial score (nSPS) is 12.0. The molecule has 0 saturated carbocycles. The molecule has 3 aromatic heterocycles. The van der Waals surface area contributed by atoms with Crippen LogP contribution in [0.5, 0.6) is 0 Å². The van der Waals surface area contributed by atoms with E-state index < -0.39 is 0 Å². The van der Waals surface area contributed by atoms with Crippen molar-refractivity contribution < 1.29 is 9.59 Å². The second-order valence-corrected chi connectivity index (χ2v) is 9.02. The van der Waals surface area contributed by atoms with E-state index in [1.54, 1.807) is 17.4 Å². The molecule has 148 valence electrons. The molecule has 7 heteroatoms. The molecule has 4 aromatic rings. The summed E-state index contributed by atoms with van der Waals surface area (Å²) in [7, 11) is 0. The Kier molecular flexibility index (Phi) is 5.78. The van der Waals surface area contributed by atoms with Gasteiger partial charge in [0.2, 0.25) is 5.91 Å². The van der Waals surface area contributed by atoms with E-state index >= 15 is 0 Å². The minimum Gasteiger partial charge on any atom is -0.361 e. The van der Waals surface area contributed by atoms with Crippen molar-refractivity contribution in [3.8, 4) is 0 Å². The van der Waals surface area contributed by atoms with Crippen molar-refractivity contribution in [2.45, 2.75) is 12.8 Å². The van der Waals surface area contributed by atoms with E-state index in [9.17, 15) is 9.59 Å². The first-order valence-electron chi connectivity index (χ1n) is 9.32. The second kappa shape index (κ2) is 8.63. The molecule has 29 heavy (non-hydrogen) atoms. The molecule has 5 nitrogen and oxygen atoms in total. The van der Waals surface area contributed by atoms with E-state index in [2.05, 4.69) is 27.8 Å². The smallest absolute Gasteiger partial charge is 0.261 e. The highest BCUT2D eigenvalue weighted by Crippen LogP contribution is 2.32. The number of fused-ring (bicyclic) bond motifs is 1. The van der Waals surface area contributed by atoms with Crippen LogP contribution in [-0.2, 0) is 4.79 Å². The summed E-state index contributed by atoms with van der Waals surface area (Å²) < 4.78 is 0. The number of hydrogen-bond acceptors (Lipinski definition) is 4. The van der Waals surface area contributed by atoms with Crippen LogP contribution in [0.15, 0.2) is 60.1 Å². The summed E-state index contributed by atoms with van der Waals surface area (Å²) >= 11 is 3.09. The molecule has 0 bridgehead atoms. The molecule has 0 fully saturated rings. The average Bonchev–Trinajstić information content (AvgIpc) is 3.48. The van der Waals surface area contributed by atoms with E-state index in [-0.39, 0.29) is 24.3 Å². The van der Waals surface area contributed by atoms with Crippen LogP contribution >= 0.6 is 22.7 Å². The maximum atomic E-state index is 12.4. The summed E-state index contributed by atoms with van der Waals surface area (Å²) in [5.74, 6) is -0.372. The van der Waals surface area contributed by atoms with Crippen molar-refractivity contribution in [2.24, 2.45) is 0 Å². The van der Waals surface area contributed by atoms with Gasteiger partial charge in [0.25, 0.3) is 5.91 Å². The number of carbonyl (C=O) groups excluding carboxylic acids is 2. The Bertz CT molecular complexity index is 1130. The first kappa shape index (κ1) is 19.4. The summed E-state index contributed by atoms with van der Waals surface area (Å²) in [6.07, 6.45) is 2.02. The number of thiophene rings is 2. The van der Waals surface area contributed by atoms with Crippen molar-refractivity contribution in [2.75, 3.05) is 13.1 Å². The first-order valence-corrected chi connectivity index (χ1v) is 11.0. The number of aromatic nitrogens is 1. The number of amides is 2. The minimum atomic E-state index is -0.218. The number of hydrogen-bond donors (Lipinski definition) is 3. The number of carbonyl (C=O) groups is 2. The van der Waals surface area contributed by atoms with Gasteiger partial charge in [0.15, 0.2) is 0 Å². The van der Waals surface area contributed by atoms with Gasteiger partial charge in [-0.25, -0.2) is 0 Å². The van der Waals surface area contributed by atoms with Crippen molar-refractivity contribution in [1.29, 1.82) is 0 Å². The molecular formula is C22H21N3O2S2. The predicted octanol–water partition coefficient (Wildman–Crippen LogP) is 4.28. The van der Waals surface area contributed by atoms with Gasteiger partial charge in [-0.15, -0.1) is 22.7 Å². The molecule has 1 aromatic carbocycles. The summed E-state index contributed by atoms with van der Waals surface area (Å²) in [5.41, 5.74) is 2.23. The van der Waals surface area contributed by atoms with Gasteiger partial charge in [0.1, 0.15) is 0 Å². The third kappa shape index (κ3) is 4.41. The third-order valence-corrected chi connectivity index (χ3v) is 6.75. The van der Waals surface area contributed by atoms with Crippen LogP contribution in [-0.4, -0.2) is 29.9 Å². The van der Waals surface area contributed by atoms with Crippen molar-refractivity contribution >= 4 is 45.4 Å². The van der Waals surface area contributed by atoms with Gasteiger partial charge < -0.3 is 15.6 Å². The standard InChI is InChI=1S/C22H21N3O2S2/c1-14-8-9-20(29-14)22(27)25-13-21(26)24-12-17(19-7-4-10-28-19)16-11-23-18-6-3-2-5-15(16)18/h2-11,17,23H,12-13H2,1H3,(H,24,26)(H,25,27). The van der Waals surface area contributed by atoms with Crippen molar-refractivity contribution in [3.63, 3.8) is 0 Å². The third-order valence-electron chi connectivity index (χ3n) is 4.76. The fraction of sp³-hybridized carbons (Fsp3) is 0.182. The molecule has 0 saturated heterocycles. The Morgan fingerprint density at radius 3 is 2.69 bits per heavy atom. The Hall–Kier alpha value is -2.90. The fourth-order valence-corrected chi connectivity index (χ4v) is 4.95. The lowest BCUT2D eigenvalue weighted by atomic mass is 9.96. The van der Waals surface area contributed by atoms with Crippen LogP contribution in [0.2, 0.25) is 0 Å². The van der Waals surface area contributed by atoms with Crippen LogP contribution in [0, 0.1) is 6.92 Å². The predicted molar refractivity (Wildman–Crippen MR) is 119 cm³/mol. The number of H-pyrrole nitrogens is 1. The van der Waals surface area contributed by atoms with Gasteiger partial charge >= 0.3 is 0 Å². The molecule has 1 unspecified atom stereocenters. The Morgan fingerprint density at radius 2 is 1.93 bits per heavy atom. The lowest BCUT2D eigenvalue weighted by Gasteiger charge is -2.16. The summed E-state index contributed by atoms with van der Waals surface area (Å²) in [6.45, 7) is 2.37. The Balaban J connectivity index is 1.42. The second-order valence-electron chi connectivity index (χ2n) is 6.75. The first-order chi connectivity index (χ1) is 14.1. The van der Waals surface area contributed by atoms with E-state index in [1.165, 1.54) is 16.2 Å². The average molecular weight is 424 g/mol. The zero-order chi connectivity index (χ0) is 20.2. The van der Waals surface area contributed by atoms with Crippen LogP contribution in [0.1, 0.15) is 30.9 Å². The van der Waals surface area contributed by atoms with Gasteiger partial charge in [-0.1, -0.05) is 24.3 Å². The number of benzene rings is 1. The van der Waals surface area contributed by atoms with Crippen molar-refractivity contribution in [3.05, 3.63) is 80.3 Å². The molecular weight excluding hydrogens is 402 g/mol. The Labute approximate surface area is 176 Å². The van der Waals surface area contributed by atoms with E-state index in [4.69, 9.17) is 0 Å². The largest absolute Gasteiger partial charge is 0.361 e. The molecule has 2 amide bonds. The zero-order valence-corrected chi connectivity index (χ0v) is 17.5. The highest BCUT2D eigenvalue weighted by atomic mass is 32.1. The lowest BCUT2D eigenvalue weighted by molar-refractivity contribution is -0.120. The lowest BCUT2D eigenvalue weighted by Crippen LogP contribution is -2.38. The van der Waals surface area contributed by atoms with Crippen LogP contribution in [0.4, 0.5) is 0 Å². The summed E-state index contributed by atoms with van der Waals surface area (Å²) in [4.78, 5) is 30.7. The molecule has 0 aliphatic carbocycles. The fourth-order valence-electron chi connectivity index (χ4n) is 3.32. The molecule has 0 radical (unpaired) electrons. The zero-order valence-electron chi connectivity index (χ0n) is 15.9. The number of aryl methyl sites for hydroxylation is 1. The molecule has 3 N–H and O–H groups in total. The van der Waals surface area contributed by atoms with Gasteiger partial charge in [0.05, 0.1) is 11.4 Å². The van der Waals surface area contributed by atoms with Gasteiger partial charge in [-0.05, 0) is 42.1 Å². The number of aromatic amines is 1. The minimum absolute atomic E-state index is 0.0408. The molecule has 3 heterocycles. The highest BCUT2D eigenvalue weighted by molar-refractivity contribution is 7.14. The van der Waals surface area contributed by atoms with Gasteiger partial charge in [-0.2, -0.15) is 0 Å².